The van der Waals surface area contributed by atoms with Gasteiger partial charge in [0.2, 0.25) is 5.88 Å². The van der Waals surface area contributed by atoms with Gasteiger partial charge in [-0.2, -0.15) is 0 Å². The van der Waals surface area contributed by atoms with Crippen molar-refractivity contribution in [3.63, 3.8) is 0 Å². The molecule has 29 heavy (non-hydrogen) atoms. The minimum Gasteiger partial charge on any atom is -0.480 e. The molecule has 1 aliphatic heterocycles. The Hall–Kier alpha value is -2.44. The highest BCUT2D eigenvalue weighted by Crippen LogP contribution is 2.33. The van der Waals surface area contributed by atoms with Crippen LogP contribution in [0.5, 0.6) is 5.88 Å². The van der Waals surface area contributed by atoms with Crippen molar-refractivity contribution in [3.8, 4) is 17.3 Å². The van der Waals surface area contributed by atoms with Crippen molar-refractivity contribution in [2.45, 2.75) is 38.6 Å². The van der Waals surface area contributed by atoms with Crippen LogP contribution in [0.25, 0.3) is 22.4 Å². The Morgan fingerprint density at radius 1 is 1.31 bits per heavy atom. The van der Waals surface area contributed by atoms with Gasteiger partial charge >= 0.3 is 0 Å². The van der Waals surface area contributed by atoms with E-state index in [9.17, 15) is 0 Å². The molecule has 0 bridgehead atoms. The number of pyridine rings is 1. The maximum absolute atomic E-state index is 5.41. The number of piperidine rings is 1. The van der Waals surface area contributed by atoms with Crippen LogP contribution in [-0.2, 0) is 0 Å². The third-order valence-corrected chi connectivity index (χ3v) is 6.10. The van der Waals surface area contributed by atoms with Crippen molar-refractivity contribution >= 4 is 11.0 Å². The van der Waals surface area contributed by atoms with E-state index in [0.717, 1.165) is 42.1 Å². The second-order valence-electron chi connectivity index (χ2n) is 8.14. The average molecular weight is 394 g/mol. The van der Waals surface area contributed by atoms with Gasteiger partial charge in [-0.05, 0) is 82.1 Å². The van der Waals surface area contributed by atoms with Crippen molar-refractivity contribution in [1.82, 2.24) is 25.2 Å². The molecule has 1 fully saturated rings. The first-order valence-corrected chi connectivity index (χ1v) is 10.5. The number of nitrogens with one attached hydrogen (secondary N) is 2. The van der Waals surface area contributed by atoms with Crippen molar-refractivity contribution in [1.29, 1.82) is 0 Å². The fourth-order valence-corrected chi connectivity index (χ4v) is 4.34. The van der Waals surface area contributed by atoms with E-state index in [1.54, 1.807) is 13.3 Å². The summed E-state index contributed by atoms with van der Waals surface area (Å²) < 4.78 is 5.41. The molecule has 4 rings (SSSR count). The second kappa shape index (κ2) is 8.51. The van der Waals surface area contributed by atoms with Gasteiger partial charge < -0.3 is 19.9 Å². The van der Waals surface area contributed by atoms with E-state index < -0.39 is 0 Å². The number of methoxy groups -OCH3 is 1. The number of hydrogen-bond acceptors (Lipinski definition) is 5. The number of nitrogens with zero attached hydrogens (tertiary/aromatic N) is 3. The number of fused-ring (bicyclic) bond motifs is 1. The number of aromatic nitrogens is 3. The molecule has 6 heteroatoms. The Kier molecular flexibility index (Phi) is 5.83. The molecule has 0 unspecified atom stereocenters. The molecule has 1 saturated heterocycles. The lowest BCUT2D eigenvalue weighted by molar-refractivity contribution is 0.197. The van der Waals surface area contributed by atoms with Crippen LogP contribution in [-0.4, -0.2) is 59.7 Å². The number of H-pyrrole nitrogens is 1. The van der Waals surface area contributed by atoms with E-state index in [0.29, 0.717) is 17.8 Å². The van der Waals surface area contributed by atoms with Gasteiger partial charge in [0.05, 0.1) is 23.7 Å². The molecule has 1 atom stereocenters. The van der Waals surface area contributed by atoms with Gasteiger partial charge in [-0.15, -0.1) is 0 Å². The first-order chi connectivity index (χ1) is 14.1. The molecular weight excluding hydrogens is 362 g/mol. The maximum Gasteiger partial charge on any atom is 0.224 e. The molecule has 3 aromatic rings. The predicted molar refractivity (Wildman–Crippen MR) is 118 cm³/mol. The summed E-state index contributed by atoms with van der Waals surface area (Å²) in [6, 6.07) is 9.05. The number of imidazole rings is 1. The fraction of sp³-hybridized carbons (Fsp3) is 0.478. The summed E-state index contributed by atoms with van der Waals surface area (Å²) in [5.74, 6) is 2.01. The predicted octanol–water partition coefficient (Wildman–Crippen LogP) is 3.73. The lowest BCUT2D eigenvalue weighted by Crippen LogP contribution is -2.41. The molecule has 3 heterocycles. The molecule has 0 saturated carbocycles. The van der Waals surface area contributed by atoms with Crippen LogP contribution in [0.15, 0.2) is 30.5 Å². The largest absolute Gasteiger partial charge is 0.480 e. The zero-order valence-electron chi connectivity index (χ0n) is 17.8. The standard InChI is InChI=1S/C23H31N5O/c1-15-12-18(17-7-10-28(11-8-17)14-16(2)24-3)13-20-21(15)27-22(26-20)19-6-5-9-25-23(19)29-4/h5-6,9,12-13,16-17,24H,7-8,10-11,14H2,1-4H3,(H,26,27)/t16-/m0/s1. The summed E-state index contributed by atoms with van der Waals surface area (Å²) in [6.45, 7) is 7.85. The van der Waals surface area contributed by atoms with Crippen molar-refractivity contribution in [2.24, 2.45) is 0 Å². The summed E-state index contributed by atoms with van der Waals surface area (Å²) in [6.07, 6.45) is 4.15. The van der Waals surface area contributed by atoms with Gasteiger partial charge in [0.25, 0.3) is 0 Å². The number of likely N-dealkylation sites (N-methyl/N-ethyl adjacent to an activating group) is 1. The Balaban J connectivity index is 1.57. The highest BCUT2D eigenvalue weighted by molar-refractivity contribution is 5.83. The zero-order chi connectivity index (χ0) is 20.4. The summed E-state index contributed by atoms with van der Waals surface area (Å²) in [5, 5.41) is 3.34. The molecule has 2 N–H and O–H groups in total. The van der Waals surface area contributed by atoms with E-state index in [1.807, 2.05) is 19.2 Å². The molecule has 6 nitrogen and oxygen atoms in total. The molecule has 1 aliphatic rings. The minimum absolute atomic E-state index is 0.540. The smallest absolute Gasteiger partial charge is 0.224 e. The van der Waals surface area contributed by atoms with Gasteiger partial charge in [0.15, 0.2) is 0 Å². The van der Waals surface area contributed by atoms with Crippen molar-refractivity contribution in [3.05, 3.63) is 41.6 Å². The van der Waals surface area contributed by atoms with Crippen LogP contribution < -0.4 is 10.1 Å². The number of aromatic amines is 1. The molecule has 154 valence electrons. The molecule has 0 amide bonds. The van der Waals surface area contributed by atoms with E-state index in [2.05, 4.69) is 46.2 Å². The van der Waals surface area contributed by atoms with Crippen LogP contribution in [0, 0.1) is 6.92 Å². The second-order valence-corrected chi connectivity index (χ2v) is 8.14. The Labute approximate surface area is 172 Å². The van der Waals surface area contributed by atoms with Gasteiger partial charge in [0, 0.05) is 18.8 Å². The fourth-order valence-electron chi connectivity index (χ4n) is 4.34. The topological polar surface area (TPSA) is 66.1 Å². The quantitative estimate of drug-likeness (QED) is 0.668. The molecule has 0 spiro atoms. The number of hydrogen-bond donors (Lipinski definition) is 2. The first-order valence-electron chi connectivity index (χ1n) is 10.5. The summed E-state index contributed by atoms with van der Waals surface area (Å²) in [4.78, 5) is 15.2. The van der Waals surface area contributed by atoms with Crippen LogP contribution in [0.4, 0.5) is 0 Å². The number of benzene rings is 1. The van der Waals surface area contributed by atoms with Gasteiger partial charge in [-0.1, -0.05) is 6.07 Å². The maximum atomic E-state index is 5.41. The first kappa shape index (κ1) is 19.9. The van der Waals surface area contributed by atoms with E-state index in [1.165, 1.54) is 24.0 Å². The average Bonchev–Trinajstić information content (AvgIpc) is 3.19. The third-order valence-electron chi connectivity index (χ3n) is 6.10. The highest BCUT2D eigenvalue weighted by atomic mass is 16.5. The number of likely N-dealkylation sites (tertiary alicyclic amines) is 1. The van der Waals surface area contributed by atoms with Crippen molar-refractivity contribution in [2.75, 3.05) is 33.8 Å². The summed E-state index contributed by atoms with van der Waals surface area (Å²) in [5.41, 5.74) is 5.64. The lowest BCUT2D eigenvalue weighted by Gasteiger charge is -2.33. The molecular formula is C23H31N5O. The van der Waals surface area contributed by atoms with Gasteiger partial charge in [0.1, 0.15) is 5.82 Å². The molecule has 0 aliphatic carbocycles. The van der Waals surface area contributed by atoms with Gasteiger partial charge in [-0.3, -0.25) is 0 Å². The van der Waals surface area contributed by atoms with E-state index in [4.69, 9.17) is 9.72 Å². The van der Waals surface area contributed by atoms with Crippen molar-refractivity contribution < 1.29 is 4.74 Å². The minimum atomic E-state index is 0.540. The monoisotopic (exact) mass is 393 g/mol. The number of ether oxygens (including phenoxy) is 1. The third kappa shape index (κ3) is 4.14. The zero-order valence-corrected chi connectivity index (χ0v) is 17.8. The molecule has 0 radical (unpaired) electrons. The van der Waals surface area contributed by atoms with Crippen LogP contribution in [0.2, 0.25) is 0 Å². The number of rotatable bonds is 6. The number of aryl methyl sites for hydroxylation is 1. The van der Waals surface area contributed by atoms with Crippen LogP contribution in [0.1, 0.15) is 36.8 Å². The molecule has 2 aromatic heterocycles. The lowest BCUT2D eigenvalue weighted by atomic mass is 9.88. The molecule has 1 aromatic carbocycles. The Morgan fingerprint density at radius 2 is 2.10 bits per heavy atom. The van der Waals surface area contributed by atoms with Gasteiger partial charge in [-0.25, -0.2) is 9.97 Å². The van der Waals surface area contributed by atoms with E-state index in [-0.39, 0.29) is 0 Å². The Morgan fingerprint density at radius 3 is 2.83 bits per heavy atom. The Bertz CT molecular complexity index is 975. The van der Waals surface area contributed by atoms with E-state index >= 15 is 0 Å². The van der Waals surface area contributed by atoms with Crippen LogP contribution >= 0.6 is 0 Å². The SMILES string of the molecule is CN[C@@H](C)CN1CCC(c2cc(C)c3nc(-c4cccnc4OC)[nH]c3c2)CC1. The highest BCUT2D eigenvalue weighted by Gasteiger charge is 2.23. The summed E-state index contributed by atoms with van der Waals surface area (Å²) in [7, 11) is 3.68. The van der Waals surface area contributed by atoms with Crippen LogP contribution in [0.3, 0.4) is 0 Å². The summed E-state index contributed by atoms with van der Waals surface area (Å²) >= 11 is 0. The normalized spacial score (nSPS) is 17.0.